The van der Waals surface area contributed by atoms with Gasteiger partial charge in [0.15, 0.2) is 0 Å². The summed E-state index contributed by atoms with van der Waals surface area (Å²) in [4.78, 5) is 2.67. The van der Waals surface area contributed by atoms with E-state index in [2.05, 4.69) is 17.1 Å². The van der Waals surface area contributed by atoms with Crippen LogP contribution in [0.1, 0.15) is 39.0 Å². The summed E-state index contributed by atoms with van der Waals surface area (Å²) >= 11 is 0. The maximum Gasteiger partial charge on any atom is 0.0250 e. The molecule has 2 rings (SSSR count). The van der Waals surface area contributed by atoms with Crippen LogP contribution >= 0.6 is 0 Å². The van der Waals surface area contributed by atoms with Crippen molar-refractivity contribution in [2.75, 3.05) is 19.6 Å². The molecule has 0 amide bonds. The first-order valence-corrected chi connectivity index (χ1v) is 5.89. The molecule has 2 fully saturated rings. The zero-order chi connectivity index (χ0) is 9.10. The molecular weight excluding hydrogens is 160 g/mol. The summed E-state index contributed by atoms with van der Waals surface area (Å²) in [5.74, 6) is 0. The van der Waals surface area contributed by atoms with Crippen molar-refractivity contribution in [3.8, 4) is 0 Å². The van der Waals surface area contributed by atoms with E-state index in [1.54, 1.807) is 0 Å². The molecule has 1 N–H and O–H groups in total. The fourth-order valence-corrected chi connectivity index (χ4v) is 2.78. The van der Waals surface area contributed by atoms with Gasteiger partial charge in [0.2, 0.25) is 0 Å². The van der Waals surface area contributed by atoms with Gasteiger partial charge in [-0.15, -0.1) is 0 Å². The Morgan fingerprint density at radius 3 is 3.08 bits per heavy atom. The van der Waals surface area contributed by atoms with Gasteiger partial charge in [0.25, 0.3) is 0 Å². The zero-order valence-electron chi connectivity index (χ0n) is 8.76. The number of hydrogen-bond acceptors (Lipinski definition) is 2. The Kier molecular flexibility index (Phi) is 3.23. The minimum Gasteiger partial charge on any atom is -0.312 e. The fourth-order valence-electron chi connectivity index (χ4n) is 2.78. The van der Waals surface area contributed by atoms with Crippen LogP contribution in [0.3, 0.4) is 0 Å². The third-order valence-electron chi connectivity index (χ3n) is 3.54. The lowest BCUT2D eigenvalue weighted by Crippen LogP contribution is -2.39. The number of hydrogen-bond donors (Lipinski definition) is 1. The maximum absolute atomic E-state index is 3.71. The van der Waals surface area contributed by atoms with Gasteiger partial charge in [-0.05, 0) is 38.8 Å². The smallest absolute Gasteiger partial charge is 0.0250 e. The van der Waals surface area contributed by atoms with Gasteiger partial charge in [-0.3, -0.25) is 4.90 Å². The molecule has 0 radical (unpaired) electrons. The van der Waals surface area contributed by atoms with E-state index in [1.165, 1.54) is 51.7 Å². The second-order valence-corrected chi connectivity index (χ2v) is 4.45. The molecule has 0 aromatic rings. The second-order valence-electron chi connectivity index (χ2n) is 4.45. The predicted octanol–water partition coefficient (Wildman–Crippen LogP) is 1.61. The van der Waals surface area contributed by atoms with Gasteiger partial charge >= 0.3 is 0 Å². The predicted molar refractivity (Wildman–Crippen MR) is 55.9 cm³/mol. The lowest BCUT2D eigenvalue weighted by Gasteiger charge is -2.21. The van der Waals surface area contributed by atoms with Crippen LogP contribution in [0, 0.1) is 0 Å². The van der Waals surface area contributed by atoms with Crippen LogP contribution in [-0.4, -0.2) is 36.6 Å². The minimum atomic E-state index is 0.814. The van der Waals surface area contributed by atoms with E-state index in [9.17, 15) is 0 Å². The van der Waals surface area contributed by atoms with E-state index < -0.39 is 0 Å². The van der Waals surface area contributed by atoms with Crippen LogP contribution in [0.5, 0.6) is 0 Å². The van der Waals surface area contributed by atoms with Crippen molar-refractivity contribution >= 4 is 0 Å². The highest BCUT2D eigenvalue weighted by Crippen LogP contribution is 2.27. The summed E-state index contributed by atoms with van der Waals surface area (Å²) in [5, 5.41) is 3.71. The van der Waals surface area contributed by atoms with Gasteiger partial charge in [-0.2, -0.15) is 0 Å². The Hall–Kier alpha value is -0.0800. The number of nitrogens with one attached hydrogen (secondary N) is 1. The van der Waals surface area contributed by atoms with E-state index in [1.807, 2.05) is 0 Å². The molecule has 2 nitrogen and oxygen atoms in total. The lowest BCUT2D eigenvalue weighted by atomic mass is 10.1. The first-order chi connectivity index (χ1) is 6.42. The number of nitrogens with zero attached hydrogens (tertiary/aromatic N) is 1. The van der Waals surface area contributed by atoms with Gasteiger partial charge in [0, 0.05) is 18.6 Å². The lowest BCUT2D eigenvalue weighted by molar-refractivity contribution is 0.299. The molecule has 2 heterocycles. The van der Waals surface area contributed by atoms with E-state index in [0.29, 0.717) is 0 Å². The Bertz CT molecular complexity index is 158. The summed E-state index contributed by atoms with van der Waals surface area (Å²) in [6.45, 7) is 6.19. The number of rotatable bonds is 4. The van der Waals surface area contributed by atoms with Crippen LogP contribution in [0.4, 0.5) is 0 Å². The molecule has 0 spiro atoms. The molecule has 0 saturated carbocycles. The first-order valence-electron chi connectivity index (χ1n) is 5.89. The van der Waals surface area contributed by atoms with E-state index in [4.69, 9.17) is 0 Å². The van der Waals surface area contributed by atoms with Gasteiger partial charge < -0.3 is 5.32 Å². The van der Waals surface area contributed by atoms with Crippen molar-refractivity contribution in [1.29, 1.82) is 0 Å². The summed E-state index contributed by atoms with van der Waals surface area (Å²) in [6, 6.07) is 1.70. The highest BCUT2D eigenvalue weighted by molar-refractivity contribution is 4.95. The Balaban J connectivity index is 1.74. The fraction of sp³-hybridized carbons (Fsp3) is 1.00. The molecule has 2 aliphatic rings. The largest absolute Gasteiger partial charge is 0.312 e. The molecule has 2 saturated heterocycles. The average molecular weight is 182 g/mol. The quantitative estimate of drug-likeness (QED) is 0.665. The summed E-state index contributed by atoms with van der Waals surface area (Å²) < 4.78 is 0. The monoisotopic (exact) mass is 182 g/mol. The highest BCUT2D eigenvalue weighted by atomic mass is 15.2. The van der Waals surface area contributed by atoms with Crippen molar-refractivity contribution in [3.63, 3.8) is 0 Å². The topological polar surface area (TPSA) is 15.3 Å². The molecule has 2 heteroatoms. The van der Waals surface area contributed by atoms with Crippen LogP contribution in [0.25, 0.3) is 0 Å². The molecule has 2 unspecified atom stereocenters. The second kappa shape index (κ2) is 4.43. The molecule has 0 aromatic carbocycles. The SMILES string of the molecule is CCCCNC1CCN2CCCC12. The zero-order valence-corrected chi connectivity index (χ0v) is 8.76. The van der Waals surface area contributed by atoms with Crippen LogP contribution in [-0.2, 0) is 0 Å². The van der Waals surface area contributed by atoms with Gasteiger partial charge in [-0.25, -0.2) is 0 Å². The van der Waals surface area contributed by atoms with Gasteiger partial charge in [0.1, 0.15) is 0 Å². The van der Waals surface area contributed by atoms with Crippen molar-refractivity contribution in [1.82, 2.24) is 10.2 Å². The number of fused-ring (bicyclic) bond motifs is 1. The number of unbranched alkanes of at least 4 members (excludes halogenated alkanes) is 1. The maximum atomic E-state index is 3.71. The Morgan fingerprint density at radius 1 is 1.31 bits per heavy atom. The van der Waals surface area contributed by atoms with Gasteiger partial charge in [0.05, 0.1) is 0 Å². The molecule has 0 aromatic heterocycles. The van der Waals surface area contributed by atoms with E-state index >= 15 is 0 Å². The molecule has 2 aliphatic heterocycles. The molecule has 0 aliphatic carbocycles. The van der Waals surface area contributed by atoms with Crippen LogP contribution in [0.15, 0.2) is 0 Å². The summed E-state index contributed by atoms with van der Waals surface area (Å²) in [6.07, 6.45) is 6.89. The summed E-state index contributed by atoms with van der Waals surface area (Å²) in [7, 11) is 0. The molecule has 0 bridgehead atoms. The van der Waals surface area contributed by atoms with E-state index in [-0.39, 0.29) is 0 Å². The summed E-state index contributed by atoms with van der Waals surface area (Å²) in [5.41, 5.74) is 0. The van der Waals surface area contributed by atoms with Crippen molar-refractivity contribution in [2.45, 2.75) is 51.1 Å². The minimum absolute atomic E-state index is 0.814. The highest BCUT2D eigenvalue weighted by Gasteiger charge is 2.36. The standard InChI is InChI=1S/C11H22N2/c1-2-3-7-12-10-6-9-13-8-4-5-11(10)13/h10-12H,2-9H2,1H3. The third kappa shape index (κ3) is 2.05. The van der Waals surface area contributed by atoms with Crippen molar-refractivity contribution < 1.29 is 0 Å². The van der Waals surface area contributed by atoms with Crippen LogP contribution in [0.2, 0.25) is 0 Å². The molecule has 13 heavy (non-hydrogen) atoms. The third-order valence-corrected chi connectivity index (χ3v) is 3.54. The first kappa shape index (κ1) is 9.47. The normalized spacial score (nSPS) is 33.9. The average Bonchev–Trinajstić information content (AvgIpc) is 2.68. The van der Waals surface area contributed by atoms with Gasteiger partial charge in [-0.1, -0.05) is 13.3 Å². The van der Waals surface area contributed by atoms with Crippen molar-refractivity contribution in [2.24, 2.45) is 0 Å². The molecule has 2 atom stereocenters. The van der Waals surface area contributed by atoms with Crippen molar-refractivity contribution in [3.05, 3.63) is 0 Å². The van der Waals surface area contributed by atoms with E-state index in [0.717, 1.165) is 12.1 Å². The molecule has 76 valence electrons. The Morgan fingerprint density at radius 2 is 2.23 bits per heavy atom. The van der Waals surface area contributed by atoms with Crippen LogP contribution < -0.4 is 5.32 Å². The Labute approximate surface area is 81.7 Å². The molecular formula is C11H22N2.